The molecule has 2 N–H and O–H groups in total. The Kier molecular flexibility index (Phi) is 4.37. The van der Waals surface area contributed by atoms with Crippen LogP contribution in [0.5, 0.6) is 0 Å². The number of aromatic nitrogens is 1. The molecule has 2 aromatic rings. The van der Waals surface area contributed by atoms with Crippen molar-refractivity contribution in [1.82, 2.24) is 10.3 Å². The lowest BCUT2D eigenvalue weighted by atomic mass is 10.1. The molecule has 3 rings (SSSR count). The molecular formula is C18H19N3O2. The second-order valence-electron chi connectivity index (χ2n) is 5.82. The average Bonchev–Trinajstić information content (AvgIpc) is 3.41. The van der Waals surface area contributed by atoms with E-state index in [9.17, 15) is 9.59 Å². The summed E-state index contributed by atoms with van der Waals surface area (Å²) in [7, 11) is 0. The average molecular weight is 309 g/mol. The van der Waals surface area contributed by atoms with Crippen molar-refractivity contribution in [3.63, 3.8) is 0 Å². The molecule has 0 spiro atoms. The predicted molar refractivity (Wildman–Crippen MR) is 87.9 cm³/mol. The van der Waals surface area contributed by atoms with E-state index in [1.165, 1.54) is 0 Å². The van der Waals surface area contributed by atoms with Crippen molar-refractivity contribution in [1.29, 1.82) is 0 Å². The van der Waals surface area contributed by atoms with Gasteiger partial charge in [-0.15, -0.1) is 0 Å². The van der Waals surface area contributed by atoms with Crippen LogP contribution in [0.25, 0.3) is 0 Å². The molecule has 0 bridgehead atoms. The summed E-state index contributed by atoms with van der Waals surface area (Å²) in [6.45, 7) is 1.92. The number of benzene rings is 1. The third-order valence-electron chi connectivity index (χ3n) is 3.90. The van der Waals surface area contributed by atoms with Crippen LogP contribution in [0, 0.1) is 5.92 Å². The van der Waals surface area contributed by atoms with Gasteiger partial charge in [-0.3, -0.25) is 14.6 Å². The Labute approximate surface area is 135 Å². The van der Waals surface area contributed by atoms with Gasteiger partial charge in [0.15, 0.2) is 0 Å². The standard InChI is InChI=1S/C18H19N3O2/c1-12(20-18(23)15-3-2-10-19-11-15)13-6-8-16(9-7-13)21-17(22)14-4-5-14/h2-3,6-12,14H,4-5H2,1H3,(H,20,23)(H,21,22)/t12-/m0/s1. The van der Waals surface area contributed by atoms with E-state index >= 15 is 0 Å². The normalized spacial score (nSPS) is 14.8. The molecule has 23 heavy (non-hydrogen) atoms. The van der Waals surface area contributed by atoms with E-state index in [0.29, 0.717) is 5.56 Å². The van der Waals surface area contributed by atoms with Crippen LogP contribution in [0.3, 0.4) is 0 Å². The summed E-state index contributed by atoms with van der Waals surface area (Å²) in [5.41, 5.74) is 2.30. The Morgan fingerprint density at radius 3 is 2.52 bits per heavy atom. The Morgan fingerprint density at radius 2 is 1.91 bits per heavy atom. The maximum absolute atomic E-state index is 12.1. The smallest absolute Gasteiger partial charge is 0.253 e. The van der Waals surface area contributed by atoms with E-state index < -0.39 is 0 Å². The van der Waals surface area contributed by atoms with Gasteiger partial charge in [0, 0.05) is 24.0 Å². The second kappa shape index (κ2) is 6.60. The fraction of sp³-hybridized carbons (Fsp3) is 0.278. The highest BCUT2D eigenvalue weighted by molar-refractivity contribution is 5.94. The zero-order chi connectivity index (χ0) is 16.2. The van der Waals surface area contributed by atoms with Crippen molar-refractivity contribution in [2.24, 2.45) is 5.92 Å². The molecule has 2 amide bonds. The molecule has 5 nitrogen and oxygen atoms in total. The lowest BCUT2D eigenvalue weighted by Crippen LogP contribution is -2.26. The summed E-state index contributed by atoms with van der Waals surface area (Å²) in [4.78, 5) is 27.8. The lowest BCUT2D eigenvalue weighted by molar-refractivity contribution is -0.117. The third-order valence-corrected chi connectivity index (χ3v) is 3.90. The first-order valence-corrected chi connectivity index (χ1v) is 7.75. The van der Waals surface area contributed by atoms with Crippen molar-refractivity contribution >= 4 is 17.5 Å². The largest absolute Gasteiger partial charge is 0.345 e. The van der Waals surface area contributed by atoms with Gasteiger partial charge in [-0.2, -0.15) is 0 Å². The van der Waals surface area contributed by atoms with E-state index in [1.54, 1.807) is 24.5 Å². The number of nitrogens with one attached hydrogen (secondary N) is 2. The van der Waals surface area contributed by atoms with Gasteiger partial charge in [-0.1, -0.05) is 12.1 Å². The van der Waals surface area contributed by atoms with Gasteiger partial charge < -0.3 is 10.6 Å². The van der Waals surface area contributed by atoms with E-state index in [2.05, 4.69) is 15.6 Å². The molecule has 1 heterocycles. The van der Waals surface area contributed by atoms with Gasteiger partial charge in [0.05, 0.1) is 11.6 Å². The minimum Gasteiger partial charge on any atom is -0.345 e. The van der Waals surface area contributed by atoms with Crippen molar-refractivity contribution in [2.75, 3.05) is 5.32 Å². The lowest BCUT2D eigenvalue weighted by Gasteiger charge is -2.15. The summed E-state index contributed by atoms with van der Waals surface area (Å²) in [6, 6.07) is 10.9. The van der Waals surface area contributed by atoms with Crippen LogP contribution in [-0.4, -0.2) is 16.8 Å². The molecule has 1 fully saturated rings. The first-order chi connectivity index (χ1) is 11.1. The van der Waals surface area contributed by atoms with E-state index in [-0.39, 0.29) is 23.8 Å². The number of anilines is 1. The van der Waals surface area contributed by atoms with Crippen LogP contribution in [-0.2, 0) is 4.79 Å². The number of carbonyl (C=O) groups excluding carboxylic acids is 2. The van der Waals surface area contributed by atoms with Gasteiger partial charge in [0.25, 0.3) is 5.91 Å². The monoisotopic (exact) mass is 309 g/mol. The molecule has 1 atom stereocenters. The van der Waals surface area contributed by atoms with Crippen LogP contribution in [0.15, 0.2) is 48.8 Å². The van der Waals surface area contributed by atoms with Crippen molar-refractivity contribution in [2.45, 2.75) is 25.8 Å². The molecule has 1 aromatic carbocycles. The van der Waals surface area contributed by atoms with Crippen LogP contribution in [0.2, 0.25) is 0 Å². The van der Waals surface area contributed by atoms with Crippen LogP contribution in [0.4, 0.5) is 5.69 Å². The number of pyridine rings is 1. The predicted octanol–water partition coefficient (Wildman–Crippen LogP) is 2.92. The molecule has 1 aromatic heterocycles. The maximum Gasteiger partial charge on any atom is 0.253 e. The molecule has 5 heteroatoms. The number of hydrogen-bond acceptors (Lipinski definition) is 3. The van der Waals surface area contributed by atoms with Crippen LogP contribution < -0.4 is 10.6 Å². The molecule has 0 saturated heterocycles. The van der Waals surface area contributed by atoms with Crippen LogP contribution >= 0.6 is 0 Å². The fourth-order valence-electron chi connectivity index (χ4n) is 2.31. The zero-order valence-electron chi connectivity index (χ0n) is 13.0. The molecule has 1 saturated carbocycles. The molecule has 0 unspecified atom stereocenters. The highest BCUT2D eigenvalue weighted by atomic mass is 16.2. The Morgan fingerprint density at radius 1 is 1.17 bits per heavy atom. The molecule has 1 aliphatic carbocycles. The molecule has 0 aliphatic heterocycles. The van der Waals surface area contributed by atoms with E-state index in [1.807, 2.05) is 31.2 Å². The van der Waals surface area contributed by atoms with Crippen LogP contribution in [0.1, 0.15) is 41.7 Å². The maximum atomic E-state index is 12.1. The molecular weight excluding hydrogens is 290 g/mol. The third kappa shape index (κ3) is 3.94. The summed E-state index contributed by atoms with van der Waals surface area (Å²) >= 11 is 0. The number of rotatable bonds is 5. The Hall–Kier alpha value is -2.69. The number of nitrogens with zero attached hydrogens (tertiary/aromatic N) is 1. The quantitative estimate of drug-likeness (QED) is 0.892. The minimum atomic E-state index is -0.156. The summed E-state index contributed by atoms with van der Waals surface area (Å²) in [5.74, 6) is 0.125. The number of amides is 2. The molecule has 0 radical (unpaired) electrons. The van der Waals surface area contributed by atoms with E-state index in [0.717, 1.165) is 24.1 Å². The summed E-state index contributed by atoms with van der Waals surface area (Å²) in [5, 5.41) is 5.84. The van der Waals surface area contributed by atoms with Crippen molar-refractivity contribution in [3.8, 4) is 0 Å². The number of hydrogen-bond donors (Lipinski definition) is 2. The SMILES string of the molecule is C[C@H](NC(=O)c1cccnc1)c1ccc(NC(=O)C2CC2)cc1. The first-order valence-electron chi connectivity index (χ1n) is 7.75. The van der Waals surface area contributed by atoms with Gasteiger partial charge >= 0.3 is 0 Å². The first kappa shape index (κ1) is 15.2. The number of carbonyl (C=O) groups is 2. The molecule has 118 valence electrons. The van der Waals surface area contributed by atoms with Gasteiger partial charge in [0.1, 0.15) is 0 Å². The highest BCUT2D eigenvalue weighted by Gasteiger charge is 2.29. The topological polar surface area (TPSA) is 71.1 Å². The van der Waals surface area contributed by atoms with Gasteiger partial charge in [0.2, 0.25) is 5.91 Å². The Bertz CT molecular complexity index is 694. The van der Waals surface area contributed by atoms with Gasteiger partial charge in [-0.25, -0.2) is 0 Å². The fourth-order valence-corrected chi connectivity index (χ4v) is 2.31. The zero-order valence-corrected chi connectivity index (χ0v) is 13.0. The van der Waals surface area contributed by atoms with E-state index in [4.69, 9.17) is 0 Å². The molecule has 1 aliphatic rings. The van der Waals surface area contributed by atoms with Gasteiger partial charge in [-0.05, 0) is 49.6 Å². The Balaban J connectivity index is 1.59. The highest BCUT2D eigenvalue weighted by Crippen LogP contribution is 2.30. The van der Waals surface area contributed by atoms with Crippen molar-refractivity contribution < 1.29 is 9.59 Å². The second-order valence-corrected chi connectivity index (χ2v) is 5.82. The summed E-state index contributed by atoms with van der Waals surface area (Å²) < 4.78 is 0. The van der Waals surface area contributed by atoms with Crippen molar-refractivity contribution in [3.05, 3.63) is 59.9 Å². The summed E-state index contributed by atoms with van der Waals surface area (Å²) in [6.07, 6.45) is 5.15. The minimum absolute atomic E-state index is 0.0932.